The second kappa shape index (κ2) is 19.4. The van der Waals surface area contributed by atoms with Gasteiger partial charge >= 0.3 is 0 Å². The number of benzene rings is 12. The average Bonchev–Trinajstić information content (AvgIpc) is 4.29. The highest BCUT2D eigenvalue weighted by Gasteiger charge is 2.31. The van der Waals surface area contributed by atoms with E-state index in [9.17, 15) is 0 Å². The van der Waals surface area contributed by atoms with Crippen LogP contribution in [0.15, 0.2) is 256 Å². The smallest absolute Gasteiger partial charge is 0.159 e. The molecular weight excluding hydrogens is 1010 g/mol. The average molecular weight is 1070 g/mol. The number of nitrogens with zero attached hydrogens (tertiary/aromatic N) is 2. The summed E-state index contributed by atoms with van der Waals surface area (Å²) >= 11 is 0. The van der Waals surface area contributed by atoms with E-state index in [0.29, 0.717) is 11.8 Å². The van der Waals surface area contributed by atoms with Gasteiger partial charge in [0, 0.05) is 66.3 Å². The molecule has 0 radical (unpaired) electrons. The van der Waals surface area contributed by atoms with E-state index in [2.05, 4.69) is 252 Å². The van der Waals surface area contributed by atoms with Crippen molar-refractivity contribution < 1.29 is 13.3 Å². The van der Waals surface area contributed by atoms with Gasteiger partial charge in [-0.3, -0.25) is 0 Å². The molecule has 15 aromatic rings. The van der Waals surface area contributed by atoms with Crippen molar-refractivity contribution in [1.29, 1.82) is 0 Å². The molecule has 17 rings (SSSR count). The summed E-state index contributed by atoms with van der Waals surface area (Å²) in [6.07, 6.45) is 9.79. The van der Waals surface area contributed by atoms with Gasteiger partial charge in [-0.25, -0.2) is 0 Å². The van der Waals surface area contributed by atoms with Crippen molar-refractivity contribution in [3.63, 3.8) is 0 Å². The fraction of sp³-hybridized carbons (Fsp3) is 0.128. The second-order valence-corrected chi connectivity index (χ2v) is 23.1. The van der Waals surface area contributed by atoms with Crippen molar-refractivity contribution in [3.8, 4) is 22.3 Å². The van der Waals surface area contributed by atoms with E-state index >= 15 is 0 Å². The summed E-state index contributed by atoms with van der Waals surface area (Å²) in [5.41, 5.74) is 18.5. The molecule has 0 spiro atoms. The Morgan fingerprint density at radius 3 is 1.04 bits per heavy atom. The Hall–Kier alpha value is -9.84. The lowest BCUT2D eigenvalue weighted by atomic mass is 9.95. The minimum atomic E-state index is 0.493. The largest absolute Gasteiger partial charge is 0.456 e. The molecule has 5 nitrogen and oxygen atoms in total. The van der Waals surface area contributed by atoms with Gasteiger partial charge in [0.2, 0.25) is 0 Å². The van der Waals surface area contributed by atoms with Gasteiger partial charge in [0.25, 0.3) is 0 Å². The van der Waals surface area contributed by atoms with Gasteiger partial charge in [-0.2, -0.15) is 0 Å². The van der Waals surface area contributed by atoms with Crippen LogP contribution in [-0.4, -0.2) is 0 Å². The van der Waals surface area contributed by atoms with Gasteiger partial charge in [0.05, 0.1) is 34.1 Å². The first-order chi connectivity index (χ1) is 41.2. The Labute approximate surface area is 481 Å². The van der Waals surface area contributed by atoms with Crippen LogP contribution in [0.25, 0.3) is 110 Å². The van der Waals surface area contributed by atoms with Crippen molar-refractivity contribution in [1.82, 2.24) is 0 Å². The number of hydrogen-bond acceptors (Lipinski definition) is 5. The van der Waals surface area contributed by atoms with Crippen LogP contribution in [0.5, 0.6) is 0 Å². The van der Waals surface area contributed by atoms with E-state index in [1.54, 1.807) is 0 Å². The molecule has 0 unspecified atom stereocenters. The van der Waals surface area contributed by atoms with E-state index in [0.717, 1.165) is 144 Å². The van der Waals surface area contributed by atoms with Crippen LogP contribution in [-0.2, 0) is 0 Å². The van der Waals surface area contributed by atoms with Gasteiger partial charge in [-0.1, -0.05) is 232 Å². The zero-order valence-corrected chi connectivity index (χ0v) is 46.0. The van der Waals surface area contributed by atoms with Gasteiger partial charge in [0.1, 0.15) is 22.3 Å². The molecule has 0 aliphatic heterocycles. The minimum absolute atomic E-state index is 0.493. The van der Waals surface area contributed by atoms with Crippen molar-refractivity contribution in [2.45, 2.75) is 63.2 Å². The molecule has 12 aromatic carbocycles. The van der Waals surface area contributed by atoms with Crippen LogP contribution in [0.3, 0.4) is 0 Å². The molecule has 2 aliphatic rings. The van der Waals surface area contributed by atoms with Crippen LogP contribution in [0, 0.1) is 0 Å². The Balaban J connectivity index is 0.941. The predicted octanol–water partition coefficient (Wildman–Crippen LogP) is 23.3. The zero-order valence-electron chi connectivity index (χ0n) is 46.0. The molecule has 0 atom stereocenters. The molecule has 5 heteroatoms. The summed E-state index contributed by atoms with van der Waals surface area (Å²) in [4.78, 5) is 4.88. The monoisotopic (exact) mass is 1070 g/mol. The third-order valence-corrected chi connectivity index (χ3v) is 18.5. The molecule has 3 aromatic heterocycles. The topological polar surface area (TPSA) is 45.9 Å². The Morgan fingerprint density at radius 1 is 0.265 bits per heavy atom. The summed E-state index contributed by atoms with van der Waals surface area (Å²) in [5.74, 6) is 0.987. The molecule has 2 saturated carbocycles. The normalized spacial score (nSPS) is 14.3. The van der Waals surface area contributed by atoms with Gasteiger partial charge < -0.3 is 23.1 Å². The van der Waals surface area contributed by atoms with E-state index in [1.807, 2.05) is 0 Å². The number of anilines is 6. The molecule has 2 aliphatic carbocycles. The molecule has 0 bridgehead atoms. The SMILES string of the molecule is c1ccc(-c2ccccc2N(c2cc3oc4cc(N(c5ccccc5-c5ccccc5)c5cccc6c5oc5c(C7CCCC7)cccc56)c5ccccc5c4c3c3ccccc23)c2cccc3c2oc2c(C4CCCC4)cccc23)cc1. The van der Waals surface area contributed by atoms with Gasteiger partial charge in [-0.05, 0) is 94.8 Å². The number of fused-ring (bicyclic) bond motifs is 13. The first-order valence-electron chi connectivity index (χ1n) is 29.8. The lowest BCUT2D eigenvalue weighted by molar-refractivity contribution is 0.643. The van der Waals surface area contributed by atoms with Crippen molar-refractivity contribution in [3.05, 3.63) is 254 Å². The van der Waals surface area contributed by atoms with Crippen molar-refractivity contribution in [2.75, 3.05) is 9.80 Å². The fourth-order valence-electron chi connectivity index (χ4n) is 14.8. The van der Waals surface area contributed by atoms with E-state index in [1.165, 1.54) is 62.5 Å². The molecule has 2 fully saturated rings. The molecule has 398 valence electrons. The lowest BCUT2D eigenvalue weighted by Crippen LogP contribution is -2.12. The molecule has 0 amide bonds. The highest BCUT2D eigenvalue weighted by molar-refractivity contribution is 6.31. The van der Waals surface area contributed by atoms with Crippen LogP contribution in [0.2, 0.25) is 0 Å². The molecule has 3 heterocycles. The summed E-state index contributed by atoms with van der Waals surface area (Å²) in [6.45, 7) is 0. The maximum Gasteiger partial charge on any atom is 0.159 e. The Bertz CT molecular complexity index is 4700. The van der Waals surface area contributed by atoms with Crippen molar-refractivity contribution in [2.24, 2.45) is 0 Å². The Kier molecular flexibility index (Phi) is 11.2. The Morgan fingerprint density at radius 2 is 0.602 bits per heavy atom. The molecule has 0 saturated heterocycles. The van der Waals surface area contributed by atoms with Crippen LogP contribution >= 0.6 is 0 Å². The lowest BCUT2D eigenvalue weighted by Gasteiger charge is -2.29. The highest BCUT2D eigenvalue weighted by atomic mass is 16.3. The first kappa shape index (κ1) is 47.9. The van der Waals surface area contributed by atoms with Crippen LogP contribution in [0.1, 0.15) is 74.3 Å². The standard InChI is InChI=1S/C78H58N2O3/c1-3-23-49(24-4-1)53-31-15-17-43-65(53)79(67-45-21-41-63-61-39-19-37-55(51-27-7-8-28-51)75(61)82-77(63)67)69-47-71-73(59-35-13-11-33-57(59)69)74-60-36-14-12-34-58(60)70(48-72(74)81-71)80(66-44-18-16-32-54(66)50-25-5-2-6-26-50)68-46-22-42-64-62-40-20-38-56(52-29-9-10-30-52)76(62)83-78(64)68/h1-6,11-26,31-48,51-52H,7-10,27-30H2. The summed E-state index contributed by atoms with van der Waals surface area (Å²) in [6, 6.07) is 88.4. The van der Waals surface area contributed by atoms with Gasteiger partial charge in [-0.15, -0.1) is 0 Å². The number of furan rings is 3. The van der Waals surface area contributed by atoms with Crippen LogP contribution in [0.4, 0.5) is 34.1 Å². The summed E-state index contributed by atoms with van der Waals surface area (Å²) in [5, 5.41) is 11.1. The molecule has 83 heavy (non-hydrogen) atoms. The predicted molar refractivity (Wildman–Crippen MR) is 346 cm³/mol. The zero-order chi connectivity index (χ0) is 54.5. The minimum Gasteiger partial charge on any atom is -0.456 e. The second-order valence-electron chi connectivity index (χ2n) is 23.1. The third kappa shape index (κ3) is 7.60. The quantitative estimate of drug-likeness (QED) is 0.137. The highest BCUT2D eigenvalue weighted by Crippen LogP contribution is 2.54. The van der Waals surface area contributed by atoms with E-state index < -0.39 is 0 Å². The maximum atomic E-state index is 7.54. The first-order valence-corrected chi connectivity index (χ1v) is 29.8. The fourth-order valence-corrected chi connectivity index (χ4v) is 14.8. The van der Waals surface area contributed by atoms with Crippen molar-refractivity contribution >= 4 is 121 Å². The van der Waals surface area contributed by atoms with E-state index in [4.69, 9.17) is 13.3 Å². The van der Waals surface area contributed by atoms with Crippen LogP contribution < -0.4 is 9.80 Å². The molecular formula is C78H58N2O3. The number of para-hydroxylation sites is 6. The molecule has 0 N–H and O–H groups in total. The summed E-state index contributed by atoms with van der Waals surface area (Å²) in [7, 11) is 0. The van der Waals surface area contributed by atoms with Gasteiger partial charge in [0.15, 0.2) is 11.2 Å². The third-order valence-electron chi connectivity index (χ3n) is 18.5. The van der Waals surface area contributed by atoms with E-state index in [-0.39, 0.29) is 0 Å². The summed E-state index contributed by atoms with van der Waals surface area (Å²) < 4.78 is 22.2. The number of hydrogen-bond donors (Lipinski definition) is 0. The number of rotatable bonds is 10. The maximum absolute atomic E-state index is 7.54.